The first-order chi connectivity index (χ1) is 9.18. The van der Waals surface area contributed by atoms with E-state index in [1.54, 1.807) is 24.3 Å². The Kier molecular flexibility index (Phi) is 2.19. The average molecular weight is 274 g/mol. The molecule has 0 radical (unpaired) electrons. The highest BCUT2D eigenvalue weighted by atomic mass is 35.5. The first kappa shape index (κ1) is 11.2. The van der Waals surface area contributed by atoms with Gasteiger partial charge < -0.3 is 0 Å². The van der Waals surface area contributed by atoms with E-state index in [0.717, 1.165) is 6.42 Å². The molecule has 2 fully saturated rings. The number of imide groups is 1. The molecule has 3 nitrogen and oxygen atoms in total. The largest absolute Gasteiger partial charge is 0.274 e. The minimum atomic E-state index is -0.168. The van der Waals surface area contributed by atoms with E-state index in [-0.39, 0.29) is 35.5 Å². The van der Waals surface area contributed by atoms with Crippen LogP contribution in [0.3, 0.4) is 0 Å². The molecule has 4 atom stereocenters. The van der Waals surface area contributed by atoms with Crippen LogP contribution in [0.5, 0.6) is 0 Å². The second-order valence-corrected chi connectivity index (χ2v) is 5.87. The van der Waals surface area contributed by atoms with Gasteiger partial charge in [0.05, 0.1) is 22.5 Å². The van der Waals surface area contributed by atoms with Crippen LogP contribution in [-0.4, -0.2) is 11.8 Å². The van der Waals surface area contributed by atoms with Crippen molar-refractivity contribution < 1.29 is 9.59 Å². The fourth-order valence-corrected chi connectivity index (χ4v) is 3.99. The number of rotatable bonds is 1. The lowest BCUT2D eigenvalue weighted by Crippen LogP contribution is -2.33. The normalized spacial score (nSPS) is 35.3. The zero-order valence-electron chi connectivity index (χ0n) is 10.1. The summed E-state index contributed by atoms with van der Waals surface area (Å²) in [5.74, 6) is -0.0321. The number of hydrogen-bond donors (Lipinski definition) is 0. The number of carbonyl (C=O) groups excluding carboxylic acids is 2. The average Bonchev–Trinajstić information content (AvgIpc) is 3.06. The molecule has 0 N–H and O–H groups in total. The Morgan fingerprint density at radius 3 is 2.16 bits per heavy atom. The third kappa shape index (κ3) is 1.34. The molecule has 1 saturated heterocycles. The Balaban J connectivity index is 1.79. The molecule has 1 aromatic carbocycles. The first-order valence-electron chi connectivity index (χ1n) is 6.49. The molecule has 4 rings (SSSR count). The summed E-state index contributed by atoms with van der Waals surface area (Å²) in [6, 6.07) is 7.03. The molecule has 2 aliphatic carbocycles. The van der Waals surface area contributed by atoms with Crippen LogP contribution in [0.4, 0.5) is 5.69 Å². The van der Waals surface area contributed by atoms with Crippen molar-refractivity contribution in [3.63, 3.8) is 0 Å². The molecule has 0 unspecified atom stereocenters. The van der Waals surface area contributed by atoms with E-state index in [9.17, 15) is 9.59 Å². The van der Waals surface area contributed by atoms with Crippen LogP contribution >= 0.6 is 11.6 Å². The van der Waals surface area contributed by atoms with Crippen molar-refractivity contribution >= 4 is 29.1 Å². The van der Waals surface area contributed by atoms with Crippen LogP contribution in [0.1, 0.15) is 6.42 Å². The molecule has 4 heteroatoms. The van der Waals surface area contributed by atoms with Crippen molar-refractivity contribution in [1.82, 2.24) is 0 Å². The Hall–Kier alpha value is -1.61. The molecular weight excluding hydrogens is 262 g/mol. The predicted octanol–water partition coefficient (Wildman–Crippen LogP) is 2.65. The monoisotopic (exact) mass is 273 g/mol. The smallest absolute Gasteiger partial charge is 0.238 e. The number of benzene rings is 1. The number of halogens is 1. The van der Waals surface area contributed by atoms with E-state index in [0.29, 0.717) is 10.7 Å². The lowest BCUT2D eigenvalue weighted by atomic mass is 9.85. The predicted molar refractivity (Wildman–Crippen MR) is 71.7 cm³/mol. The van der Waals surface area contributed by atoms with Gasteiger partial charge in [-0.05, 0) is 30.4 Å². The Bertz CT molecular complexity index is 594. The number of anilines is 1. The number of nitrogens with zero attached hydrogens (tertiary/aromatic N) is 1. The Morgan fingerprint density at radius 1 is 1.00 bits per heavy atom. The summed E-state index contributed by atoms with van der Waals surface area (Å²) in [6.07, 6.45) is 5.13. The lowest BCUT2D eigenvalue weighted by molar-refractivity contribution is -0.123. The topological polar surface area (TPSA) is 37.4 Å². The summed E-state index contributed by atoms with van der Waals surface area (Å²) in [6.45, 7) is 0. The van der Waals surface area contributed by atoms with Crippen molar-refractivity contribution in [2.75, 3.05) is 4.90 Å². The van der Waals surface area contributed by atoms with Crippen molar-refractivity contribution in [3.8, 4) is 0 Å². The van der Waals surface area contributed by atoms with Crippen molar-refractivity contribution in [1.29, 1.82) is 0 Å². The zero-order valence-corrected chi connectivity index (χ0v) is 10.9. The van der Waals surface area contributed by atoms with Crippen LogP contribution in [0.25, 0.3) is 0 Å². The minimum Gasteiger partial charge on any atom is -0.274 e. The van der Waals surface area contributed by atoms with E-state index >= 15 is 0 Å². The van der Waals surface area contributed by atoms with Crippen LogP contribution in [-0.2, 0) is 9.59 Å². The fraction of sp³-hybridized carbons (Fsp3) is 0.333. The molecule has 3 aliphatic rings. The summed E-state index contributed by atoms with van der Waals surface area (Å²) in [5, 5.41) is 0.449. The van der Waals surface area contributed by atoms with Crippen molar-refractivity contribution in [3.05, 3.63) is 41.4 Å². The van der Waals surface area contributed by atoms with Gasteiger partial charge in [-0.1, -0.05) is 35.9 Å². The van der Waals surface area contributed by atoms with Crippen LogP contribution < -0.4 is 4.90 Å². The molecule has 1 heterocycles. The Labute approximate surface area is 115 Å². The van der Waals surface area contributed by atoms with Crippen molar-refractivity contribution in [2.45, 2.75) is 6.42 Å². The SMILES string of the molecule is O=C1[C@@H]2[C@@H](C(=O)N1c1ccccc1Cl)[C@H]1C=C[C@H]2C1. The van der Waals surface area contributed by atoms with E-state index in [4.69, 9.17) is 11.6 Å². The highest BCUT2D eigenvalue weighted by molar-refractivity contribution is 6.36. The minimum absolute atomic E-state index is 0.0834. The quantitative estimate of drug-likeness (QED) is 0.583. The van der Waals surface area contributed by atoms with Gasteiger partial charge in [-0.25, -0.2) is 4.90 Å². The van der Waals surface area contributed by atoms with E-state index in [2.05, 4.69) is 12.2 Å². The van der Waals surface area contributed by atoms with Crippen LogP contribution in [0, 0.1) is 23.7 Å². The van der Waals surface area contributed by atoms with Gasteiger partial charge in [-0.3, -0.25) is 9.59 Å². The zero-order chi connectivity index (χ0) is 13.1. The second-order valence-electron chi connectivity index (χ2n) is 5.46. The molecule has 2 amide bonds. The summed E-state index contributed by atoms with van der Waals surface area (Å²) in [7, 11) is 0. The Morgan fingerprint density at radius 2 is 1.58 bits per heavy atom. The van der Waals surface area contributed by atoms with Crippen molar-refractivity contribution in [2.24, 2.45) is 23.7 Å². The number of allylic oxidation sites excluding steroid dienone is 2. The molecular formula is C15H12ClNO2. The maximum absolute atomic E-state index is 12.6. The third-order valence-corrected chi connectivity index (χ3v) is 4.88. The van der Waals surface area contributed by atoms with E-state index < -0.39 is 0 Å². The third-order valence-electron chi connectivity index (χ3n) is 4.56. The van der Waals surface area contributed by atoms with Crippen LogP contribution in [0.2, 0.25) is 5.02 Å². The number of amides is 2. The van der Waals surface area contributed by atoms with Gasteiger partial charge in [0.25, 0.3) is 0 Å². The molecule has 1 aliphatic heterocycles. The summed E-state index contributed by atoms with van der Waals surface area (Å²) < 4.78 is 0. The summed E-state index contributed by atoms with van der Waals surface area (Å²) in [5.41, 5.74) is 0.521. The maximum Gasteiger partial charge on any atom is 0.238 e. The van der Waals surface area contributed by atoms with Gasteiger partial charge in [0.1, 0.15) is 0 Å². The van der Waals surface area contributed by atoms with E-state index in [1.165, 1.54) is 4.90 Å². The highest BCUT2D eigenvalue weighted by Crippen LogP contribution is 2.53. The highest BCUT2D eigenvalue weighted by Gasteiger charge is 2.59. The van der Waals surface area contributed by atoms with E-state index in [1.807, 2.05) is 0 Å². The first-order valence-corrected chi connectivity index (χ1v) is 6.87. The number of fused-ring (bicyclic) bond motifs is 5. The fourth-order valence-electron chi connectivity index (χ4n) is 3.77. The van der Waals surface area contributed by atoms with Gasteiger partial charge in [0.2, 0.25) is 11.8 Å². The number of carbonyl (C=O) groups is 2. The molecule has 0 spiro atoms. The van der Waals surface area contributed by atoms with Gasteiger partial charge >= 0.3 is 0 Å². The van der Waals surface area contributed by atoms with Crippen LogP contribution in [0.15, 0.2) is 36.4 Å². The molecule has 96 valence electrons. The molecule has 1 saturated carbocycles. The molecule has 1 aromatic rings. The summed E-state index contributed by atoms with van der Waals surface area (Å²) in [4.78, 5) is 26.4. The standard InChI is InChI=1S/C15H12ClNO2/c16-10-3-1-2-4-11(10)17-14(18)12-8-5-6-9(7-8)13(12)15(17)19/h1-6,8-9,12-13H,7H2/t8-,9-,12-,13-/m0/s1. The van der Waals surface area contributed by atoms with Gasteiger partial charge in [-0.15, -0.1) is 0 Å². The number of para-hydroxylation sites is 1. The second kappa shape index (κ2) is 3.70. The number of hydrogen-bond acceptors (Lipinski definition) is 2. The van der Waals surface area contributed by atoms with Gasteiger partial charge in [-0.2, -0.15) is 0 Å². The maximum atomic E-state index is 12.6. The van der Waals surface area contributed by atoms with Gasteiger partial charge in [0, 0.05) is 0 Å². The van der Waals surface area contributed by atoms with Gasteiger partial charge in [0.15, 0.2) is 0 Å². The molecule has 2 bridgehead atoms. The summed E-state index contributed by atoms with van der Waals surface area (Å²) >= 11 is 6.12. The molecule has 19 heavy (non-hydrogen) atoms. The molecule has 0 aromatic heterocycles. The lowest BCUT2D eigenvalue weighted by Gasteiger charge is -2.18.